The van der Waals surface area contributed by atoms with E-state index in [4.69, 9.17) is 9.47 Å². The Morgan fingerprint density at radius 3 is 1.38 bits per heavy atom. The van der Waals surface area contributed by atoms with Crippen LogP contribution in [0, 0.1) is 13.8 Å². The Bertz CT molecular complexity index is 1140. The van der Waals surface area contributed by atoms with E-state index in [2.05, 4.69) is 36.0 Å². The first-order valence-electron chi connectivity index (χ1n) is 13.4. The summed E-state index contributed by atoms with van der Waals surface area (Å²) in [6.45, 7) is 19.5. The number of hydrogen-bond donors (Lipinski definition) is 2. The van der Waals surface area contributed by atoms with Crippen LogP contribution in [0.4, 0.5) is 0 Å². The number of rotatable bonds is 8. The van der Waals surface area contributed by atoms with Gasteiger partial charge >= 0.3 is 11.9 Å². The molecule has 1 aliphatic rings. The van der Waals surface area contributed by atoms with Crippen molar-refractivity contribution >= 4 is 11.9 Å². The first kappa shape index (κ1) is 28.5. The van der Waals surface area contributed by atoms with E-state index in [9.17, 15) is 9.59 Å². The molecule has 0 bridgehead atoms. The number of aromatic nitrogens is 2. The summed E-state index contributed by atoms with van der Waals surface area (Å²) in [6.07, 6.45) is 8.51. The summed E-state index contributed by atoms with van der Waals surface area (Å²) in [7, 11) is 0. The number of allylic oxidation sites excluding steroid dienone is 4. The number of hydrogen-bond acceptors (Lipinski definition) is 4. The molecule has 0 saturated heterocycles. The first-order chi connectivity index (χ1) is 17.1. The van der Waals surface area contributed by atoms with E-state index in [0.717, 1.165) is 54.6 Å². The summed E-state index contributed by atoms with van der Waals surface area (Å²) in [4.78, 5) is 32.5. The van der Waals surface area contributed by atoms with Gasteiger partial charge in [-0.25, -0.2) is 9.59 Å². The van der Waals surface area contributed by atoms with Crippen LogP contribution in [0.2, 0.25) is 0 Å². The summed E-state index contributed by atoms with van der Waals surface area (Å²) < 4.78 is 11.3. The molecule has 0 fully saturated rings. The van der Waals surface area contributed by atoms with Gasteiger partial charge in [-0.1, -0.05) is 26.0 Å². The van der Waals surface area contributed by atoms with Crippen molar-refractivity contribution in [3.63, 3.8) is 0 Å². The molecule has 6 heteroatoms. The molecule has 0 amide bonds. The van der Waals surface area contributed by atoms with E-state index in [1.54, 1.807) is 0 Å². The highest BCUT2D eigenvalue weighted by Crippen LogP contribution is 2.32. The lowest BCUT2D eigenvalue weighted by Crippen LogP contribution is -2.24. The van der Waals surface area contributed by atoms with Crippen molar-refractivity contribution < 1.29 is 19.1 Å². The quantitative estimate of drug-likeness (QED) is 0.375. The zero-order chi connectivity index (χ0) is 27.7. The minimum atomic E-state index is -0.547. The Hall–Kier alpha value is -3.02. The summed E-state index contributed by atoms with van der Waals surface area (Å²) in [5.41, 5.74) is 8.89. The van der Waals surface area contributed by atoms with Gasteiger partial charge in [-0.15, -0.1) is 0 Å². The van der Waals surface area contributed by atoms with E-state index >= 15 is 0 Å². The predicted octanol–water partition coefficient (Wildman–Crippen LogP) is 7.04. The first-order valence-corrected chi connectivity index (χ1v) is 13.4. The van der Waals surface area contributed by atoms with Crippen LogP contribution in [-0.2, 0) is 35.2 Å². The van der Waals surface area contributed by atoms with Crippen LogP contribution in [0.25, 0.3) is 0 Å². The van der Waals surface area contributed by atoms with Crippen LogP contribution in [-0.4, -0.2) is 33.1 Å². The fraction of sp³-hybridized carbons (Fsp3) is 0.548. The third-order valence-electron chi connectivity index (χ3n) is 6.72. The predicted molar refractivity (Wildman–Crippen MR) is 148 cm³/mol. The Labute approximate surface area is 221 Å². The number of nitrogens with one attached hydrogen (secondary N) is 2. The Balaban J connectivity index is 1.85. The molecule has 0 atom stereocenters. The molecule has 0 aromatic carbocycles. The highest BCUT2D eigenvalue weighted by molar-refractivity contribution is 5.90. The molecule has 0 spiro atoms. The number of carbonyl (C=O) groups is 2. The van der Waals surface area contributed by atoms with Gasteiger partial charge in [0.25, 0.3) is 0 Å². The molecule has 1 aliphatic carbocycles. The molecule has 0 saturated carbocycles. The van der Waals surface area contributed by atoms with Crippen LogP contribution < -0.4 is 0 Å². The molecule has 3 rings (SSSR count). The monoisotopic (exact) mass is 508 g/mol. The van der Waals surface area contributed by atoms with Gasteiger partial charge in [-0.2, -0.15) is 0 Å². The van der Waals surface area contributed by atoms with E-state index in [1.807, 2.05) is 55.4 Å². The van der Waals surface area contributed by atoms with Gasteiger partial charge in [0, 0.05) is 24.2 Å². The van der Waals surface area contributed by atoms with Crippen LogP contribution in [0.15, 0.2) is 23.3 Å². The Kier molecular flexibility index (Phi) is 8.31. The number of H-pyrrole nitrogens is 2. The van der Waals surface area contributed by atoms with Crippen molar-refractivity contribution in [3.8, 4) is 0 Å². The van der Waals surface area contributed by atoms with Crippen molar-refractivity contribution in [2.75, 3.05) is 0 Å². The van der Waals surface area contributed by atoms with E-state index in [0.29, 0.717) is 11.4 Å². The van der Waals surface area contributed by atoms with Crippen molar-refractivity contribution in [2.24, 2.45) is 0 Å². The number of carbonyl (C=O) groups excluding carboxylic acids is 2. The minimum absolute atomic E-state index is 0.314. The molecule has 2 N–H and O–H groups in total. The third kappa shape index (κ3) is 6.65. The lowest BCUT2D eigenvalue weighted by molar-refractivity contribution is 0.00501. The molecular weight excluding hydrogens is 464 g/mol. The van der Waals surface area contributed by atoms with Crippen molar-refractivity contribution in [1.82, 2.24) is 9.97 Å². The van der Waals surface area contributed by atoms with E-state index in [1.165, 1.54) is 22.3 Å². The normalized spacial score (nSPS) is 14.0. The molecule has 2 heterocycles. The molecule has 6 nitrogen and oxygen atoms in total. The fourth-order valence-electron chi connectivity index (χ4n) is 5.08. The average molecular weight is 509 g/mol. The third-order valence-corrected chi connectivity index (χ3v) is 6.72. The summed E-state index contributed by atoms with van der Waals surface area (Å²) in [5, 5.41) is 0. The number of ether oxygens (including phenoxy) is 2. The number of esters is 2. The molecule has 0 aliphatic heterocycles. The number of aromatic amines is 2. The van der Waals surface area contributed by atoms with Gasteiger partial charge < -0.3 is 19.4 Å². The fourth-order valence-corrected chi connectivity index (χ4v) is 5.08. The van der Waals surface area contributed by atoms with E-state index < -0.39 is 11.2 Å². The lowest BCUT2D eigenvalue weighted by atomic mass is 9.95. The van der Waals surface area contributed by atoms with Crippen molar-refractivity contribution in [3.05, 3.63) is 68.3 Å². The zero-order valence-electron chi connectivity index (χ0n) is 24.3. The van der Waals surface area contributed by atoms with Crippen LogP contribution in [0.3, 0.4) is 0 Å². The highest BCUT2D eigenvalue weighted by Gasteiger charge is 2.27. The molecule has 2 aromatic rings. The second kappa shape index (κ2) is 10.8. The largest absolute Gasteiger partial charge is 0.455 e. The standard InChI is InChI=1S/C31H44N2O4/c1-11-22-18(3)26(28(34)36-30(5,6)7)32-24(22)16-20-14-13-15-21(20)17-25-23(12-2)19(4)27(33-25)29(35)37-31(8,9)10/h14-15,32-33H,11-13,16-17H2,1-10H3. The molecule has 202 valence electrons. The SMILES string of the molecule is CCc1c(CC2=CCC=C2Cc2[nH]c(C(=O)OC(C)(C)C)c(C)c2CC)[nH]c(C(=O)OC(C)(C)C)c1C. The smallest absolute Gasteiger partial charge is 0.355 e. The zero-order valence-corrected chi connectivity index (χ0v) is 24.3. The molecule has 37 heavy (non-hydrogen) atoms. The van der Waals surface area contributed by atoms with Gasteiger partial charge in [0.05, 0.1) is 0 Å². The average Bonchev–Trinajstić information content (AvgIpc) is 3.42. The minimum Gasteiger partial charge on any atom is -0.455 e. The maximum atomic E-state index is 12.8. The Morgan fingerprint density at radius 1 is 0.730 bits per heavy atom. The lowest BCUT2D eigenvalue weighted by Gasteiger charge is -2.19. The van der Waals surface area contributed by atoms with Crippen molar-refractivity contribution in [1.29, 1.82) is 0 Å². The summed E-state index contributed by atoms with van der Waals surface area (Å²) >= 11 is 0. The van der Waals surface area contributed by atoms with Gasteiger partial charge in [-0.05, 0) is 108 Å². The molecule has 0 radical (unpaired) electrons. The topological polar surface area (TPSA) is 84.2 Å². The maximum Gasteiger partial charge on any atom is 0.355 e. The van der Waals surface area contributed by atoms with Crippen molar-refractivity contribution in [2.45, 2.75) is 113 Å². The van der Waals surface area contributed by atoms with Crippen LogP contribution in [0.5, 0.6) is 0 Å². The van der Waals surface area contributed by atoms with Crippen LogP contribution in [0.1, 0.15) is 116 Å². The second-order valence-corrected chi connectivity index (χ2v) is 11.9. The Morgan fingerprint density at radius 2 is 1.08 bits per heavy atom. The maximum absolute atomic E-state index is 12.8. The van der Waals surface area contributed by atoms with Gasteiger partial charge in [0.15, 0.2) is 0 Å². The molecule has 0 unspecified atom stereocenters. The second-order valence-electron chi connectivity index (χ2n) is 11.9. The highest BCUT2D eigenvalue weighted by atomic mass is 16.6. The summed E-state index contributed by atoms with van der Waals surface area (Å²) in [5.74, 6) is -0.627. The summed E-state index contributed by atoms with van der Waals surface area (Å²) in [6, 6.07) is 0. The molecular formula is C31H44N2O4. The van der Waals surface area contributed by atoms with Gasteiger partial charge in [0.1, 0.15) is 22.6 Å². The van der Waals surface area contributed by atoms with Gasteiger partial charge in [0.2, 0.25) is 0 Å². The molecule has 2 aromatic heterocycles. The van der Waals surface area contributed by atoms with Crippen LogP contribution >= 0.6 is 0 Å². The van der Waals surface area contributed by atoms with Gasteiger partial charge in [-0.3, -0.25) is 0 Å². The van der Waals surface area contributed by atoms with E-state index in [-0.39, 0.29) is 11.9 Å².